The number of alkyl halides is 3. The van der Waals surface area contributed by atoms with Gasteiger partial charge in [0, 0.05) is 10.6 Å². The average Bonchev–Trinajstić information content (AvgIpc) is 2.35. The van der Waals surface area contributed by atoms with Crippen LogP contribution in [-0.2, 0) is 4.79 Å². The van der Waals surface area contributed by atoms with Crippen molar-refractivity contribution in [2.75, 3.05) is 5.32 Å². The van der Waals surface area contributed by atoms with Crippen LogP contribution < -0.4 is 5.32 Å². The van der Waals surface area contributed by atoms with Crippen molar-refractivity contribution in [3.8, 4) is 0 Å². The first kappa shape index (κ1) is 15.0. The van der Waals surface area contributed by atoms with E-state index in [2.05, 4.69) is 5.32 Å². The molecule has 0 atom stereocenters. The lowest BCUT2D eigenvalue weighted by Crippen LogP contribution is -2.26. The zero-order chi connectivity index (χ0) is 15.1. The summed E-state index contributed by atoms with van der Waals surface area (Å²) in [5.41, 5.74) is 2.06. The molecule has 0 aliphatic carbocycles. The third-order valence-corrected chi connectivity index (χ3v) is 4.27. The standard InChI is InChI=1S/C14H14F3NOS/c1-7(2)9-5-4-6-10-11(9)18-8(3)12(20-10)13(19)14(15,16)17/h4-7,18H,1-3H3. The third-order valence-electron chi connectivity index (χ3n) is 3.01. The first-order valence-electron chi connectivity index (χ1n) is 6.12. The van der Waals surface area contributed by atoms with Gasteiger partial charge in [-0.25, -0.2) is 0 Å². The van der Waals surface area contributed by atoms with E-state index in [1.165, 1.54) is 6.92 Å². The number of benzene rings is 1. The van der Waals surface area contributed by atoms with Crippen LogP contribution in [0.1, 0.15) is 32.3 Å². The number of Topliss-reactive ketones (excluding diaryl/α,β-unsaturated/α-hetero) is 1. The molecule has 108 valence electrons. The number of rotatable bonds is 2. The molecule has 0 saturated carbocycles. The Morgan fingerprint density at radius 3 is 2.50 bits per heavy atom. The van der Waals surface area contributed by atoms with Gasteiger partial charge in [0.1, 0.15) is 0 Å². The van der Waals surface area contributed by atoms with Gasteiger partial charge in [-0.1, -0.05) is 37.7 Å². The zero-order valence-electron chi connectivity index (χ0n) is 11.3. The van der Waals surface area contributed by atoms with E-state index < -0.39 is 12.0 Å². The minimum Gasteiger partial charge on any atom is -0.357 e. The Morgan fingerprint density at radius 1 is 1.30 bits per heavy atom. The number of carbonyl (C=O) groups excluding carboxylic acids is 1. The highest BCUT2D eigenvalue weighted by atomic mass is 32.2. The van der Waals surface area contributed by atoms with Crippen LogP contribution in [0.3, 0.4) is 0 Å². The van der Waals surface area contributed by atoms with Gasteiger partial charge in [-0.2, -0.15) is 13.2 Å². The van der Waals surface area contributed by atoms with Crippen molar-refractivity contribution in [3.05, 3.63) is 34.4 Å². The molecule has 6 heteroatoms. The number of halogens is 3. The van der Waals surface area contributed by atoms with Crippen molar-refractivity contribution in [2.45, 2.75) is 37.8 Å². The molecule has 0 fully saturated rings. The van der Waals surface area contributed by atoms with E-state index in [1.54, 1.807) is 12.1 Å². The second-order valence-corrected chi connectivity index (χ2v) is 5.94. The number of thioether (sulfide) groups is 1. The maximum absolute atomic E-state index is 12.6. The van der Waals surface area contributed by atoms with Crippen molar-refractivity contribution in [1.82, 2.24) is 0 Å². The molecule has 0 amide bonds. The molecule has 0 spiro atoms. The zero-order valence-corrected chi connectivity index (χ0v) is 12.1. The summed E-state index contributed by atoms with van der Waals surface area (Å²) < 4.78 is 37.7. The number of hydrogen-bond acceptors (Lipinski definition) is 3. The Balaban J connectivity index is 2.43. The number of allylic oxidation sites excluding steroid dienone is 2. The van der Waals surface area contributed by atoms with Crippen LogP contribution >= 0.6 is 11.8 Å². The molecule has 2 nitrogen and oxygen atoms in total. The van der Waals surface area contributed by atoms with Crippen LogP contribution in [-0.4, -0.2) is 12.0 Å². The summed E-state index contributed by atoms with van der Waals surface area (Å²) in [6.45, 7) is 5.51. The molecule has 0 aromatic heterocycles. The van der Waals surface area contributed by atoms with Crippen molar-refractivity contribution in [2.24, 2.45) is 0 Å². The van der Waals surface area contributed by atoms with E-state index in [4.69, 9.17) is 0 Å². The van der Waals surface area contributed by atoms with Gasteiger partial charge in [-0.15, -0.1) is 0 Å². The van der Waals surface area contributed by atoms with Crippen LogP contribution in [0.2, 0.25) is 0 Å². The monoisotopic (exact) mass is 301 g/mol. The van der Waals surface area contributed by atoms with E-state index in [0.717, 1.165) is 23.0 Å². The fourth-order valence-corrected chi connectivity index (χ4v) is 3.07. The summed E-state index contributed by atoms with van der Waals surface area (Å²) in [5.74, 6) is -1.56. The van der Waals surface area contributed by atoms with Gasteiger partial charge in [-0.05, 0) is 24.5 Å². The first-order valence-corrected chi connectivity index (χ1v) is 6.93. The second kappa shape index (κ2) is 5.16. The summed E-state index contributed by atoms with van der Waals surface area (Å²) in [6.07, 6.45) is -4.85. The first-order chi connectivity index (χ1) is 9.21. The van der Waals surface area contributed by atoms with Gasteiger partial charge in [0.05, 0.1) is 10.6 Å². The summed E-state index contributed by atoms with van der Waals surface area (Å²) >= 11 is 0.879. The molecule has 0 bridgehead atoms. The number of anilines is 1. The molecule has 0 unspecified atom stereocenters. The molecule has 1 N–H and O–H groups in total. The Hall–Kier alpha value is -1.43. The number of carbonyl (C=O) groups is 1. The van der Waals surface area contributed by atoms with Gasteiger partial charge in [-0.3, -0.25) is 4.79 Å². The van der Waals surface area contributed by atoms with Crippen LogP contribution in [0.25, 0.3) is 0 Å². The number of para-hydroxylation sites is 1. The van der Waals surface area contributed by atoms with Crippen LogP contribution in [0.15, 0.2) is 33.7 Å². The lowest BCUT2D eigenvalue weighted by Gasteiger charge is -2.25. The molecule has 1 heterocycles. The quantitative estimate of drug-likeness (QED) is 0.859. The Morgan fingerprint density at radius 2 is 1.95 bits per heavy atom. The number of fused-ring (bicyclic) bond motifs is 1. The summed E-state index contributed by atoms with van der Waals surface area (Å²) in [6, 6.07) is 5.44. The Labute approximate surface area is 119 Å². The van der Waals surface area contributed by atoms with Gasteiger partial charge >= 0.3 is 6.18 Å². The van der Waals surface area contributed by atoms with E-state index >= 15 is 0 Å². The lowest BCUT2D eigenvalue weighted by molar-refractivity contribution is -0.165. The third kappa shape index (κ3) is 2.70. The smallest absolute Gasteiger partial charge is 0.357 e. The molecule has 1 aliphatic rings. The molecular formula is C14H14F3NOS. The van der Waals surface area contributed by atoms with Gasteiger partial charge in [0.2, 0.25) is 0 Å². The molecule has 20 heavy (non-hydrogen) atoms. The highest BCUT2D eigenvalue weighted by Crippen LogP contribution is 2.45. The molecule has 1 aromatic rings. The van der Waals surface area contributed by atoms with Crippen molar-refractivity contribution >= 4 is 23.2 Å². The largest absolute Gasteiger partial charge is 0.455 e. The molecule has 1 aliphatic heterocycles. The minimum absolute atomic E-state index is 0.241. The van der Waals surface area contributed by atoms with Crippen LogP contribution in [0.5, 0.6) is 0 Å². The summed E-state index contributed by atoms with van der Waals surface area (Å²) in [4.78, 5) is 11.8. The fourth-order valence-electron chi connectivity index (χ4n) is 2.02. The topological polar surface area (TPSA) is 29.1 Å². The summed E-state index contributed by atoms with van der Waals surface area (Å²) in [5, 5.41) is 2.95. The van der Waals surface area contributed by atoms with Crippen molar-refractivity contribution in [3.63, 3.8) is 0 Å². The fraction of sp³-hybridized carbons (Fsp3) is 0.357. The van der Waals surface area contributed by atoms with E-state index in [9.17, 15) is 18.0 Å². The number of ketones is 1. The van der Waals surface area contributed by atoms with Crippen molar-refractivity contribution in [1.29, 1.82) is 0 Å². The molecule has 0 saturated heterocycles. The second-order valence-electron chi connectivity index (χ2n) is 4.88. The predicted molar refractivity (Wildman–Crippen MR) is 73.8 cm³/mol. The minimum atomic E-state index is -4.85. The normalized spacial score (nSPS) is 15.2. The summed E-state index contributed by atoms with van der Waals surface area (Å²) in [7, 11) is 0. The number of nitrogens with one attached hydrogen (secondary N) is 1. The average molecular weight is 301 g/mol. The SMILES string of the molecule is CC1=C(C(=O)C(F)(F)F)Sc2cccc(C(C)C)c2N1. The van der Waals surface area contributed by atoms with Crippen LogP contribution in [0, 0.1) is 0 Å². The molecule has 2 rings (SSSR count). The lowest BCUT2D eigenvalue weighted by atomic mass is 10.0. The number of hydrogen-bond donors (Lipinski definition) is 1. The highest BCUT2D eigenvalue weighted by Gasteiger charge is 2.43. The maximum atomic E-state index is 12.6. The molecule has 0 radical (unpaired) electrons. The van der Waals surface area contributed by atoms with E-state index in [-0.39, 0.29) is 16.5 Å². The highest BCUT2D eigenvalue weighted by molar-refractivity contribution is 8.04. The van der Waals surface area contributed by atoms with E-state index in [1.807, 2.05) is 19.9 Å². The Bertz CT molecular complexity index is 591. The van der Waals surface area contributed by atoms with Crippen LogP contribution in [0.4, 0.5) is 18.9 Å². The van der Waals surface area contributed by atoms with E-state index in [0.29, 0.717) is 4.90 Å². The van der Waals surface area contributed by atoms with Gasteiger partial charge in [0.25, 0.3) is 5.78 Å². The molecule has 1 aromatic carbocycles. The van der Waals surface area contributed by atoms with Gasteiger partial charge in [0.15, 0.2) is 0 Å². The molecular weight excluding hydrogens is 287 g/mol. The Kier molecular flexibility index (Phi) is 3.86. The predicted octanol–water partition coefficient (Wildman–Crippen LogP) is 4.69. The van der Waals surface area contributed by atoms with Crippen molar-refractivity contribution < 1.29 is 18.0 Å². The maximum Gasteiger partial charge on any atom is 0.455 e. The van der Waals surface area contributed by atoms with Gasteiger partial charge < -0.3 is 5.32 Å².